The van der Waals surface area contributed by atoms with E-state index in [2.05, 4.69) is 20.6 Å². The first-order valence-corrected chi connectivity index (χ1v) is 17.3. The number of rotatable bonds is 10. The number of pyridine rings is 1. The Morgan fingerprint density at radius 3 is 2.35 bits per heavy atom. The van der Waals surface area contributed by atoms with E-state index < -0.39 is 28.7 Å². The van der Waals surface area contributed by atoms with Crippen LogP contribution < -0.4 is 10.6 Å². The molecule has 5 rings (SSSR count). The van der Waals surface area contributed by atoms with Crippen LogP contribution in [0.5, 0.6) is 0 Å². The van der Waals surface area contributed by atoms with Crippen LogP contribution in [0.4, 0.5) is 15.3 Å². The van der Waals surface area contributed by atoms with Gasteiger partial charge in [-0.2, -0.15) is 10.1 Å². The van der Waals surface area contributed by atoms with E-state index in [1.807, 2.05) is 44.2 Å². The normalized spacial score (nSPS) is 20.0. The lowest BCUT2D eigenvalue weighted by Gasteiger charge is -2.34. The number of aliphatic imine (C=N–C) groups is 1. The van der Waals surface area contributed by atoms with Crippen molar-refractivity contribution in [3.63, 3.8) is 0 Å². The maximum Gasteiger partial charge on any atom is 0.434 e. The highest BCUT2D eigenvalue weighted by Crippen LogP contribution is 2.32. The van der Waals surface area contributed by atoms with Crippen LogP contribution in [-0.4, -0.2) is 86.9 Å². The van der Waals surface area contributed by atoms with Gasteiger partial charge in [0.15, 0.2) is 0 Å². The van der Waals surface area contributed by atoms with Crippen molar-refractivity contribution in [1.82, 2.24) is 20.2 Å². The summed E-state index contributed by atoms with van der Waals surface area (Å²) in [7, 11) is 0. The van der Waals surface area contributed by atoms with Gasteiger partial charge < -0.3 is 24.4 Å². The van der Waals surface area contributed by atoms with Crippen molar-refractivity contribution in [3.8, 4) is 0 Å². The Kier molecular flexibility index (Phi) is 11.0. The average molecular weight is 704 g/mol. The number of esters is 1. The molecule has 2 atom stereocenters. The van der Waals surface area contributed by atoms with E-state index in [-0.39, 0.29) is 36.4 Å². The van der Waals surface area contributed by atoms with Crippen molar-refractivity contribution in [2.75, 3.05) is 18.4 Å². The van der Waals surface area contributed by atoms with E-state index in [0.29, 0.717) is 44.7 Å². The number of aromatic nitrogens is 1. The zero-order valence-corrected chi connectivity index (χ0v) is 30.7. The van der Waals surface area contributed by atoms with Gasteiger partial charge in [0.25, 0.3) is 0 Å². The molecule has 3 aliphatic rings. The third kappa shape index (κ3) is 10.4. The van der Waals surface area contributed by atoms with Gasteiger partial charge in [-0.25, -0.2) is 19.4 Å². The van der Waals surface area contributed by atoms with Crippen LogP contribution in [0.25, 0.3) is 0 Å². The molecule has 2 aromatic rings. The van der Waals surface area contributed by atoms with Crippen molar-refractivity contribution in [1.29, 1.82) is 0 Å². The summed E-state index contributed by atoms with van der Waals surface area (Å²) in [5.74, 6) is -0.758. The summed E-state index contributed by atoms with van der Waals surface area (Å²) in [5, 5.41) is 12.5. The molecule has 3 aliphatic heterocycles. The number of carbonyl (C=O) groups is 4. The summed E-state index contributed by atoms with van der Waals surface area (Å²) in [4.78, 5) is 61.1. The van der Waals surface area contributed by atoms with E-state index >= 15 is 0 Å². The molecular formula is C37H49N7O7. The Hall–Kier alpha value is -4.69. The van der Waals surface area contributed by atoms with Crippen molar-refractivity contribution < 1.29 is 33.4 Å². The third-order valence-corrected chi connectivity index (χ3v) is 8.27. The van der Waals surface area contributed by atoms with Gasteiger partial charge in [0.05, 0.1) is 11.1 Å². The Labute approximate surface area is 299 Å². The van der Waals surface area contributed by atoms with Gasteiger partial charge in [-0.15, -0.1) is 0 Å². The molecule has 0 aliphatic carbocycles. The lowest BCUT2D eigenvalue weighted by Crippen LogP contribution is -2.44. The second-order valence-corrected chi connectivity index (χ2v) is 15.7. The second-order valence-electron chi connectivity index (χ2n) is 15.7. The molecule has 1 aromatic carbocycles. The summed E-state index contributed by atoms with van der Waals surface area (Å²) in [5.41, 5.74) is 2.24. The third-order valence-electron chi connectivity index (χ3n) is 8.27. The molecule has 4 amide bonds. The molecule has 0 saturated carbocycles. The molecule has 0 spiro atoms. The minimum atomic E-state index is -0.868. The monoisotopic (exact) mass is 703 g/mol. The van der Waals surface area contributed by atoms with Crippen LogP contribution in [0.1, 0.15) is 91.3 Å². The van der Waals surface area contributed by atoms with Crippen molar-refractivity contribution in [3.05, 3.63) is 59.4 Å². The highest BCUT2D eigenvalue weighted by molar-refractivity contribution is 6.38. The number of anilines is 1. The number of nitrogens with zero attached hydrogens (tertiary/aromatic N) is 5. The number of nitrogens with one attached hydrogen (secondary N) is 2. The van der Waals surface area contributed by atoms with Crippen LogP contribution in [-0.2, 0) is 36.9 Å². The first-order chi connectivity index (χ1) is 23.9. The largest absolute Gasteiger partial charge is 0.455 e. The molecule has 4 heterocycles. The molecule has 1 fully saturated rings. The van der Waals surface area contributed by atoms with Gasteiger partial charge in [-0.3, -0.25) is 15.1 Å². The first kappa shape index (κ1) is 37.6. The molecule has 0 bridgehead atoms. The second kappa shape index (κ2) is 14.9. The average Bonchev–Trinajstić information content (AvgIpc) is 3.61. The van der Waals surface area contributed by atoms with E-state index in [0.717, 1.165) is 22.4 Å². The molecule has 2 N–H and O–H groups in total. The number of fused-ring (bicyclic) bond motifs is 1. The summed E-state index contributed by atoms with van der Waals surface area (Å²) >= 11 is 0. The summed E-state index contributed by atoms with van der Waals surface area (Å²) < 4.78 is 16.4. The fraction of sp³-hybridized carbons (Fsp3) is 0.541. The Balaban J connectivity index is 1.12. The van der Waals surface area contributed by atoms with Crippen LogP contribution in [0, 0.1) is 5.41 Å². The van der Waals surface area contributed by atoms with Gasteiger partial charge in [0.2, 0.25) is 5.91 Å². The zero-order chi connectivity index (χ0) is 37.1. The van der Waals surface area contributed by atoms with Crippen molar-refractivity contribution >= 4 is 41.1 Å². The number of benzene rings is 1. The Morgan fingerprint density at radius 1 is 1.00 bits per heavy atom. The smallest absolute Gasteiger partial charge is 0.434 e. The number of hydrogen-bond donors (Lipinski definition) is 2. The molecule has 0 radical (unpaired) electrons. The van der Waals surface area contributed by atoms with Crippen LogP contribution in [0.15, 0.2) is 52.8 Å². The van der Waals surface area contributed by atoms with Gasteiger partial charge >= 0.3 is 18.1 Å². The minimum absolute atomic E-state index is 0.0575. The number of epoxide rings is 1. The highest BCUT2D eigenvalue weighted by atomic mass is 16.6. The van der Waals surface area contributed by atoms with Gasteiger partial charge in [-0.05, 0) is 89.4 Å². The van der Waals surface area contributed by atoms with Crippen molar-refractivity contribution in [2.45, 2.75) is 111 Å². The number of hydrazone groups is 1. The minimum Gasteiger partial charge on any atom is -0.455 e. The molecule has 274 valence electrons. The maximum absolute atomic E-state index is 13.3. The molecule has 51 heavy (non-hydrogen) atoms. The van der Waals surface area contributed by atoms with E-state index in [1.54, 1.807) is 58.8 Å². The fourth-order valence-electron chi connectivity index (χ4n) is 5.74. The van der Waals surface area contributed by atoms with Gasteiger partial charge in [-0.1, -0.05) is 26.0 Å². The first-order valence-electron chi connectivity index (χ1n) is 17.3. The van der Waals surface area contributed by atoms with E-state index in [9.17, 15) is 19.2 Å². The number of ether oxygens (including phenoxy) is 3. The lowest BCUT2D eigenvalue weighted by atomic mass is 9.82. The topological polar surface area (TPSA) is 167 Å². The number of hydrogen-bond acceptors (Lipinski definition) is 10. The Bertz CT molecular complexity index is 1680. The molecule has 14 heteroatoms. The Morgan fingerprint density at radius 2 is 1.69 bits per heavy atom. The summed E-state index contributed by atoms with van der Waals surface area (Å²) in [6, 6.07) is 9.26. The van der Waals surface area contributed by atoms with Crippen LogP contribution in [0.2, 0.25) is 0 Å². The number of carbonyl (C=O) groups excluding carboxylic acids is 4. The van der Waals surface area contributed by atoms with Crippen LogP contribution in [0.3, 0.4) is 0 Å². The number of urea groups is 1. The van der Waals surface area contributed by atoms with Crippen molar-refractivity contribution in [2.24, 2.45) is 15.5 Å². The molecule has 1 aromatic heterocycles. The van der Waals surface area contributed by atoms with E-state index in [4.69, 9.17) is 19.3 Å². The summed E-state index contributed by atoms with van der Waals surface area (Å²) in [6.45, 7) is 16.2. The van der Waals surface area contributed by atoms with Crippen LogP contribution >= 0.6 is 0 Å². The SMILES string of the molecule is CC(C)(C)OC(=O)/N=C(\CC1OC1NCCCN1N=C(c2ccc(NC(=O)N3Cc4ccncc4C3)cc2)CC(C)(C)C1=O)C(=O)OC(C)(C)C. The molecule has 1 saturated heterocycles. The quantitative estimate of drug-likeness (QED) is 0.142. The summed E-state index contributed by atoms with van der Waals surface area (Å²) in [6.07, 6.45) is 3.09. The maximum atomic E-state index is 13.3. The lowest BCUT2D eigenvalue weighted by molar-refractivity contribution is -0.146. The highest BCUT2D eigenvalue weighted by Gasteiger charge is 2.42. The molecular weight excluding hydrogens is 654 g/mol. The number of amides is 4. The molecule has 2 unspecified atom stereocenters. The predicted octanol–water partition coefficient (Wildman–Crippen LogP) is 5.40. The zero-order valence-electron chi connectivity index (χ0n) is 30.7. The van der Waals surface area contributed by atoms with Gasteiger partial charge in [0, 0.05) is 50.6 Å². The fourth-order valence-corrected chi connectivity index (χ4v) is 5.74. The predicted molar refractivity (Wildman–Crippen MR) is 191 cm³/mol. The standard InChI is InChI=1S/C37H49N7O7/c1-35(2,3)50-31(45)27(41-34(48)51-36(4,5)6)18-29-30(49-29)39-15-9-17-44-32(46)37(7,8)19-28(42-44)23-10-12-26(13-11-23)40-33(47)43-21-24-14-16-38-20-25(24)22-43/h10-14,16,20,29-30,39H,9,15,17-19,21-22H2,1-8H3,(H,40,47)/b41-27+. The van der Waals surface area contributed by atoms with E-state index in [1.165, 1.54) is 5.01 Å². The molecule has 14 nitrogen and oxygen atoms in total. The van der Waals surface area contributed by atoms with Gasteiger partial charge in [0.1, 0.15) is 29.2 Å².